The molecule has 0 unspecified atom stereocenters. The summed E-state index contributed by atoms with van der Waals surface area (Å²) in [4.78, 5) is 7.62. The fourth-order valence-corrected chi connectivity index (χ4v) is 8.64. The van der Waals surface area contributed by atoms with Crippen molar-refractivity contribution in [1.29, 1.82) is 0 Å². The molecule has 0 saturated heterocycles. The topological polar surface area (TPSA) is 24.1 Å². The summed E-state index contributed by atoms with van der Waals surface area (Å²) in [6.07, 6.45) is 4.23. The molecule has 4 nitrogen and oxygen atoms in total. The van der Waals surface area contributed by atoms with E-state index in [1.54, 1.807) is 0 Å². The molecule has 0 bridgehead atoms. The Morgan fingerprint density at radius 1 is 0.472 bits per heavy atom. The van der Waals surface area contributed by atoms with Gasteiger partial charge in [-0.2, -0.15) is 4.58 Å². The van der Waals surface area contributed by atoms with Gasteiger partial charge in [0.25, 0.3) is 0 Å². The largest absolute Gasteiger partial charge is 0.326 e. The molecule has 9 aromatic rings. The van der Waals surface area contributed by atoms with Crippen LogP contribution in [-0.2, 0) is 0 Å². The third-order valence-electron chi connectivity index (χ3n) is 10.9. The summed E-state index contributed by atoms with van der Waals surface area (Å²) in [7, 11) is 0. The summed E-state index contributed by atoms with van der Waals surface area (Å²) >= 11 is 0. The predicted molar refractivity (Wildman–Crippen MR) is 221 cm³/mol. The van der Waals surface area contributed by atoms with E-state index in [0.29, 0.717) is 0 Å². The average molecular weight is 678 g/mol. The van der Waals surface area contributed by atoms with E-state index in [1.165, 1.54) is 44.1 Å². The molecular formula is C49H33N4+. The molecule has 11 rings (SSSR count). The van der Waals surface area contributed by atoms with Crippen LogP contribution in [0.5, 0.6) is 0 Å². The molecule has 4 heteroatoms. The summed E-state index contributed by atoms with van der Waals surface area (Å²) in [5.74, 6) is 0. The van der Waals surface area contributed by atoms with Gasteiger partial charge in [0.2, 0.25) is 11.4 Å². The van der Waals surface area contributed by atoms with Crippen molar-refractivity contribution in [3.05, 3.63) is 182 Å². The van der Waals surface area contributed by atoms with Gasteiger partial charge in [-0.1, -0.05) is 115 Å². The molecule has 3 heterocycles. The van der Waals surface area contributed by atoms with Crippen LogP contribution in [0.1, 0.15) is 0 Å². The van der Waals surface area contributed by atoms with Crippen LogP contribution in [0.25, 0.3) is 72.1 Å². The summed E-state index contributed by atoms with van der Waals surface area (Å²) in [6, 6.07) is 63.7. The van der Waals surface area contributed by atoms with Crippen molar-refractivity contribution in [2.45, 2.75) is 0 Å². The van der Waals surface area contributed by atoms with Gasteiger partial charge in [0.1, 0.15) is 12.2 Å². The smallest absolute Gasteiger partial charge is 0.235 e. The van der Waals surface area contributed by atoms with Crippen LogP contribution in [0.2, 0.25) is 0 Å². The predicted octanol–water partition coefficient (Wildman–Crippen LogP) is 12.2. The van der Waals surface area contributed by atoms with Crippen molar-refractivity contribution < 1.29 is 0 Å². The fourth-order valence-electron chi connectivity index (χ4n) is 8.64. The minimum Gasteiger partial charge on any atom is -0.326 e. The lowest BCUT2D eigenvalue weighted by Crippen LogP contribution is -2.29. The average Bonchev–Trinajstić information content (AvgIpc) is 3.57. The zero-order valence-electron chi connectivity index (χ0n) is 28.9. The number of fused-ring (bicyclic) bond motifs is 12. The molecule has 0 saturated carbocycles. The monoisotopic (exact) mass is 677 g/mol. The van der Waals surface area contributed by atoms with Gasteiger partial charge in [-0.3, -0.25) is 4.98 Å². The number of hydrogen-bond donors (Lipinski definition) is 0. The van der Waals surface area contributed by atoms with Gasteiger partial charge >= 0.3 is 0 Å². The minimum absolute atomic E-state index is 0.737. The van der Waals surface area contributed by atoms with Crippen LogP contribution >= 0.6 is 0 Å². The molecule has 53 heavy (non-hydrogen) atoms. The van der Waals surface area contributed by atoms with E-state index in [0.717, 1.165) is 57.4 Å². The summed E-state index contributed by atoms with van der Waals surface area (Å²) in [6.45, 7) is 0.737. The Hall–Kier alpha value is -7.04. The fraction of sp³-hybridized carbons (Fsp3) is 0.0204. The van der Waals surface area contributed by atoms with Gasteiger partial charge in [-0.15, -0.1) is 0 Å². The third kappa shape index (κ3) is 4.49. The number of anilines is 2. The molecule has 0 amide bonds. The lowest BCUT2D eigenvalue weighted by Gasteiger charge is -2.30. The van der Waals surface area contributed by atoms with E-state index in [1.807, 2.05) is 6.20 Å². The third-order valence-corrected chi connectivity index (χ3v) is 10.9. The van der Waals surface area contributed by atoms with Crippen LogP contribution in [0.4, 0.5) is 22.7 Å². The highest BCUT2D eigenvalue weighted by Crippen LogP contribution is 2.53. The van der Waals surface area contributed by atoms with Gasteiger partial charge < -0.3 is 9.47 Å². The quantitative estimate of drug-likeness (QED) is 0.174. The molecular weight excluding hydrogens is 645 g/mol. The molecule has 7 aromatic carbocycles. The van der Waals surface area contributed by atoms with Crippen molar-refractivity contribution in [2.75, 3.05) is 11.4 Å². The maximum absolute atomic E-state index is 5.20. The number of nitrogens with zero attached hydrogens (tertiary/aromatic N) is 4. The van der Waals surface area contributed by atoms with E-state index in [-0.39, 0.29) is 0 Å². The highest BCUT2D eigenvalue weighted by Gasteiger charge is 2.33. The highest BCUT2D eigenvalue weighted by atomic mass is 15.2. The summed E-state index contributed by atoms with van der Waals surface area (Å²) in [5.41, 5.74) is 17.2. The van der Waals surface area contributed by atoms with Crippen molar-refractivity contribution in [1.82, 2.24) is 14.1 Å². The van der Waals surface area contributed by atoms with Gasteiger partial charge in [0, 0.05) is 57.5 Å². The molecule has 0 N–H and O–H groups in total. The molecule has 2 aromatic heterocycles. The maximum Gasteiger partial charge on any atom is 0.235 e. The highest BCUT2D eigenvalue weighted by molar-refractivity contribution is 6.12. The molecule has 0 radical (unpaired) electrons. The Morgan fingerprint density at radius 3 is 1.89 bits per heavy atom. The first-order valence-electron chi connectivity index (χ1n) is 18.2. The van der Waals surface area contributed by atoms with Gasteiger partial charge in [0.15, 0.2) is 6.21 Å². The normalized spacial score (nSPS) is 12.9. The molecule has 0 spiro atoms. The van der Waals surface area contributed by atoms with Gasteiger partial charge in [-0.05, 0) is 64.7 Å². The first-order chi connectivity index (χ1) is 26.3. The number of pyridine rings is 1. The second kappa shape index (κ2) is 11.8. The van der Waals surface area contributed by atoms with Crippen molar-refractivity contribution >= 4 is 50.8 Å². The van der Waals surface area contributed by atoms with Gasteiger partial charge in [0.05, 0.1) is 22.4 Å². The number of rotatable bonds is 3. The molecule has 1 aliphatic heterocycles. The van der Waals surface area contributed by atoms with Crippen LogP contribution in [0.3, 0.4) is 0 Å². The Balaban J connectivity index is 1.25. The maximum atomic E-state index is 5.20. The number of hydrogen-bond acceptors (Lipinski definition) is 2. The first kappa shape index (κ1) is 29.7. The van der Waals surface area contributed by atoms with E-state index in [2.05, 4.69) is 196 Å². The minimum atomic E-state index is 0.737. The summed E-state index contributed by atoms with van der Waals surface area (Å²) in [5, 5.41) is 2.50. The molecule has 0 atom stereocenters. The second-order valence-electron chi connectivity index (χ2n) is 13.7. The first-order valence-corrected chi connectivity index (χ1v) is 18.2. The van der Waals surface area contributed by atoms with Crippen LogP contribution in [0.15, 0.2) is 182 Å². The SMILES string of the molecule is C1=[N+](c2ccccc2)c2cc3c(cc2N(c2ccccc2)C1)-c1ncccc1-c1cccc(-n2c4ccccc4c4ccccc42)c1-c1ccccc1-3. The zero-order chi connectivity index (χ0) is 34.9. The lowest BCUT2D eigenvalue weighted by atomic mass is 9.81. The van der Waals surface area contributed by atoms with Crippen molar-refractivity contribution in [3.8, 4) is 50.3 Å². The van der Waals surface area contributed by atoms with E-state index in [9.17, 15) is 0 Å². The van der Waals surface area contributed by atoms with Crippen molar-refractivity contribution in [2.24, 2.45) is 0 Å². The van der Waals surface area contributed by atoms with E-state index < -0.39 is 0 Å². The molecule has 2 aliphatic rings. The standard InChI is InChI=1S/C49H33N4/c1-3-15-33(16-4-1)51-29-30-52(34-17-5-2-6-18-34)47-32-42-41(31-46(47)51)35-19-7-8-22-38(35)48-39(40-24-14-28-50-49(40)42)23-13-27-45(48)53-43-25-11-9-20-36(43)37-21-10-12-26-44(37)53/h1-29,31-32H,30H2/q+1. The zero-order valence-corrected chi connectivity index (χ0v) is 28.9. The summed E-state index contributed by atoms with van der Waals surface area (Å²) < 4.78 is 4.81. The van der Waals surface area contributed by atoms with Crippen molar-refractivity contribution in [3.63, 3.8) is 0 Å². The second-order valence-corrected chi connectivity index (χ2v) is 13.7. The van der Waals surface area contributed by atoms with Crippen LogP contribution in [0, 0.1) is 0 Å². The lowest BCUT2D eigenvalue weighted by molar-refractivity contribution is 1.000. The van der Waals surface area contributed by atoms with Crippen LogP contribution < -0.4 is 9.48 Å². The Bertz CT molecular complexity index is 2870. The number of para-hydroxylation sites is 4. The molecule has 248 valence electrons. The van der Waals surface area contributed by atoms with E-state index >= 15 is 0 Å². The Kier molecular flexibility index (Phi) is 6.58. The molecule has 1 aliphatic carbocycles. The Morgan fingerprint density at radius 2 is 1.11 bits per heavy atom. The number of benzene rings is 7. The van der Waals surface area contributed by atoms with Crippen LogP contribution in [-0.4, -0.2) is 22.3 Å². The van der Waals surface area contributed by atoms with Gasteiger partial charge in [-0.25, -0.2) is 0 Å². The molecule has 0 fully saturated rings. The number of aromatic nitrogens is 2. The van der Waals surface area contributed by atoms with E-state index in [4.69, 9.17) is 4.98 Å². The Labute approximate surface area is 307 Å².